The number of nitrogens with one attached hydrogen (secondary N) is 1. The molecule has 1 heterocycles. The van der Waals surface area contributed by atoms with Gasteiger partial charge in [-0.25, -0.2) is 0 Å². The first-order chi connectivity index (χ1) is 8.73. The third kappa shape index (κ3) is 5.64. The molecule has 110 valence electrons. The maximum Gasteiger partial charge on any atom is 0.0304 e. The van der Waals surface area contributed by atoms with E-state index >= 15 is 0 Å². The number of rotatable bonds is 6. The molecule has 3 heteroatoms. The van der Waals surface area contributed by atoms with Crippen molar-refractivity contribution in [3.63, 3.8) is 0 Å². The smallest absolute Gasteiger partial charge is 0.0304 e. The second-order valence-corrected chi connectivity index (χ2v) is 7.90. The largest absolute Gasteiger partial charge is 0.307 e. The summed E-state index contributed by atoms with van der Waals surface area (Å²) >= 11 is 1.93. The Morgan fingerprint density at radius 1 is 1.32 bits per heavy atom. The van der Waals surface area contributed by atoms with E-state index in [1.165, 1.54) is 15.3 Å². The van der Waals surface area contributed by atoms with Crippen molar-refractivity contribution in [2.75, 3.05) is 6.54 Å². The van der Waals surface area contributed by atoms with Crippen LogP contribution in [-0.2, 0) is 13.1 Å². The molecule has 19 heavy (non-hydrogen) atoms. The summed E-state index contributed by atoms with van der Waals surface area (Å²) < 4.78 is 0. The van der Waals surface area contributed by atoms with Gasteiger partial charge < -0.3 is 5.32 Å². The van der Waals surface area contributed by atoms with Gasteiger partial charge in [-0.15, -0.1) is 11.3 Å². The van der Waals surface area contributed by atoms with Crippen LogP contribution in [0, 0.1) is 6.92 Å². The van der Waals surface area contributed by atoms with Gasteiger partial charge in [0.15, 0.2) is 0 Å². The second-order valence-electron chi connectivity index (χ2n) is 6.55. The molecule has 0 spiro atoms. The van der Waals surface area contributed by atoms with Crippen molar-refractivity contribution in [2.24, 2.45) is 0 Å². The summed E-state index contributed by atoms with van der Waals surface area (Å²) in [6.07, 6.45) is 0. The first-order valence-electron chi connectivity index (χ1n) is 7.30. The highest BCUT2D eigenvalue weighted by molar-refractivity contribution is 7.12. The van der Waals surface area contributed by atoms with E-state index in [0.717, 1.165) is 19.6 Å². The SMILES string of the molecule is CCN(Cc1cc(CNC(C)(C)C)sc1C)C(C)C. The van der Waals surface area contributed by atoms with E-state index in [1.807, 2.05) is 11.3 Å². The van der Waals surface area contributed by atoms with Crippen molar-refractivity contribution in [3.05, 3.63) is 21.4 Å². The molecule has 0 saturated carbocycles. The van der Waals surface area contributed by atoms with Gasteiger partial charge in [0.2, 0.25) is 0 Å². The van der Waals surface area contributed by atoms with Crippen LogP contribution in [0.2, 0.25) is 0 Å². The minimum Gasteiger partial charge on any atom is -0.307 e. The fraction of sp³-hybridized carbons (Fsp3) is 0.750. The molecule has 0 bridgehead atoms. The molecule has 0 aliphatic heterocycles. The van der Waals surface area contributed by atoms with Crippen molar-refractivity contribution < 1.29 is 0 Å². The van der Waals surface area contributed by atoms with Crippen molar-refractivity contribution in [1.82, 2.24) is 10.2 Å². The van der Waals surface area contributed by atoms with Crippen LogP contribution in [0.15, 0.2) is 6.07 Å². The highest BCUT2D eigenvalue weighted by Gasteiger charge is 2.14. The predicted molar refractivity (Wildman–Crippen MR) is 86.9 cm³/mol. The van der Waals surface area contributed by atoms with Crippen LogP contribution in [-0.4, -0.2) is 23.0 Å². The molecule has 0 unspecified atom stereocenters. The molecule has 2 nitrogen and oxygen atoms in total. The predicted octanol–water partition coefficient (Wildman–Crippen LogP) is 4.17. The Labute approximate surface area is 123 Å². The first kappa shape index (κ1) is 16.7. The third-order valence-corrected chi connectivity index (χ3v) is 4.47. The van der Waals surface area contributed by atoms with Gasteiger partial charge in [0.1, 0.15) is 0 Å². The summed E-state index contributed by atoms with van der Waals surface area (Å²) in [7, 11) is 0. The molecule has 0 radical (unpaired) electrons. The van der Waals surface area contributed by atoms with E-state index in [9.17, 15) is 0 Å². The normalized spacial score (nSPS) is 12.7. The lowest BCUT2D eigenvalue weighted by atomic mass is 10.1. The van der Waals surface area contributed by atoms with E-state index in [-0.39, 0.29) is 5.54 Å². The Hall–Kier alpha value is -0.380. The number of hydrogen-bond donors (Lipinski definition) is 1. The molecule has 0 atom stereocenters. The Bertz CT molecular complexity index is 388. The average molecular weight is 282 g/mol. The standard InChI is InChI=1S/C16H30N2S/c1-8-18(12(2)3)11-14-9-15(19-13(14)4)10-17-16(5,6)7/h9,12,17H,8,10-11H2,1-7H3. The molecule has 0 aliphatic rings. The summed E-state index contributed by atoms with van der Waals surface area (Å²) in [6, 6.07) is 2.99. The Balaban J connectivity index is 2.68. The minimum atomic E-state index is 0.186. The van der Waals surface area contributed by atoms with Crippen molar-refractivity contribution in [1.29, 1.82) is 0 Å². The molecular formula is C16H30N2S. The Kier molecular flexibility index (Phi) is 6.03. The van der Waals surface area contributed by atoms with Gasteiger partial charge in [-0.2, -0.15) is 0 Å². The van der Waals surface area contributed by atoms with Crippen LogP contribution in [0.4, 0.5) is 0 Å². The second kappa shape index (κ2) is 6.87. The highest BCUT2D eigenvalue weighted by Crippen LogP contribution is 2.24. The molecule has 1 rings (SSSR count). The van der Waals surface area contributed by atoms with Crippen LogP contribution in [0.3, 0.4) is 0 Å². The van der Waals surface area contributed by atoms with Crippen molar-refractivity contribution in [2.45, 2.75) is 73.1 Å². The quantitative estimate of drug-likeness (QED) is 0.842. The van der Waals surface area contributed by atoms with Crippen molar-refractivity contribution >= 4 is 11.3 Å². The summed E-state index contributed by atoms with van der Waals surface area (Å²) in [4.78, 5) is 5.42. The molecule has 0 fully saturated rings. The minimum absolute atomic E-state index is 0.186. The summed E-state index contributed by atoms with van der Waals surface area (Å²) in [5, 5.41) is 3.57. The Morgan fingerprint density at radius 3 is 2.42 bits per heavy atom. The number of hydrogen-bond acceptors (Lipinski definition) is 3. The zero-order valence-corrected chi connectivity index (χ0v) is 14.4. The molecule has 0 amide bonds. The third-order valence-electron chi connectivity index (χ3n) is 3.37. The van der Waals surface area contributed by atoms with E-state index in [1.54, 1.807) is 0 Å². The molecular weight excluding hydrogens is 252 g/mol. The monoisotopic (exact) mass is 282 g/mol. The summed E-state index contributed by atoms with van der Waals surface area (Å²) in [5.74, 6) is 0. The molecule has 1 N–H and O–H groups in total. The van der Waals surface area contributed by atoms with Crippen LogP contribution >= 0.6 is 11.3 Å². The lowest BCUT2D eigenvalue weighted by Gasteiger charge is -2.24. The topological polar surface area (TPSA) is 15.3 Å². The van der Waals surface area contributed by atoms with Gasteiger partial charge >= 0.3 is 0 Å². The molecule has 0 aliphatic carbocycles. The number of aryl methyl sites for hydroxylation is 1. The molecule has 1 aromatic heterocycles. The van der Waals surface area contributed by atoms with E-state index in [0.29, 0.717) is 6.04 Å². The Morgan fingerprint density at radius 2 is 1.95 bits per heavy atom. The van der Waals surface area contributed by atoms with E-state index < -0.39 is 0 Å². The fourth-order valence-corrected chi connectivity index (χ4v) is 3.06. The van der Waals surface area contributed by atoms with Gasteiger partial charge in [-0.1, -0.05) is 6.92 Å². The average Bonchev–Trinajstić information content (AvgIpc) is 2.63. The summed E-state index contributed by atoms with van der Waals surface area (Å²) in [6.45, 7) is 18.8. The zero-order chi connectivity index (χ0) is 14.6. The van der Waals surface area contributed by atoms with Gasteiger partial charge in [0.25, 0.3) is 0 Å². The maximum absolute atomic E-state index is 3.57. The van der Waals surface area contributed by atoms with Gasteiger partial charge in [0, 0.05) is 34.4 Å². The van der Waals surface area contributed by atoms with E-state index in [4.69, 9.17) is 0 Å². The molecule has 0 saturated heterocycles. The molecule has 0 aromatic carbocycles. The molecule has 1 aromatic rings. The van der Waals surface area contributed by atoms with Crippen LogP contribution < -0.4 is 5.32 Å². The zero-order valence-electron chi connectivity index (χ0n) is 13.6. The highest BCUT2D eigenvalue weighted by atomic mass is 32.1. The van der Waals surface area contributed by atoms with Crippen LogP contribution in [0.25, 0.3) is 0 Å². The summed E-state index contributed by atoms with van der Waals surface area (Å²) in [5.41, 5.74) is 1.68. The first-order valence-corrected chi connectivity index (χ1v) is 8.12. The lowest BCUT2D eigenvalue weighted by molar-refractivity contribution is 0.225. The maximum atomic E-state index is 3.57. The van der Waals surface area contributed by atoms with Crippen LogP contribution in [0.1, 0.15) is 56.9 Å². The van der Waals surface area contributed by atoms with Crippen molar-refractivity contribution in [3.8, 4) is 0 Å². The lowest BCUT2D eigenvalue weighted by Crippen LogP contribution is -2.34. The number of thiophene rings is 1. The van der Waals surface area contributed by atoms with E-state index in [2.05, 4.69) is 64.7 Å². The van der Waals surface area contributed by atoms with Gasteiger partial charge in [-0.3, -0.25) is 4.90 Å². The number of nitrogens with zero attached hydrogens (tertiary/aromatic N) is 1. The fourth-order valence-electron chi connectivity index (χ4n) is 2.06. The van der Waals surface area contributed by atoms with Gasteiger partial charge in [0.05, 0.1) is 0 Å². The van der Waals surface area contributed by atoms with Gasteiger partial charge in [-0.05, 0) is 59.7 Å². The van der Waals surface area contributed by atoms with Crippen LogP contribution in [0.5, 0.6) is 0 Å².